The van der Waals surface area contributed by atoms with E-state index in [0.717, 1.165) is 18.9 Å². The summed E-state index contributed by atoms with van der Waals surface area (Å²) in [4.78, 5) is 24.5. The molecule has 1 aromatic rings. The van der Waals surface area contributed by atoms with Gasteiger partial charge in [-0.15, -0.1) is 0 Å². The molecule has 0 bridgehead atoms. The highest BCUT2D eigenvalue weighted by Crippen LogP contribution is 2.22. The van der Waals surface area contributed by atoms with E-state index in [9.17, 15) is 14.0 Å². The summed E-state index contributed by atoms with van der Waals surface area (Å²) in [7, 11) is 0. The maximum Gasteiger partial charge on any atom is 0.326 e. The average Bonchev–Trinajstić information content (AvgIpc) is 2.43. The van der Waals surface area contributed by atoms with Crippen LogP contribution in [0, 0.1) is 5.82 Å². The second-order valence-electron chi connectivity index (χ2n) is 4.60. The third kappa shape index (κ3) is 3.19. The smallest absolute Gasteiger partial charge is 0.326 e. The topological polar surface area (TPSA) is 69.6 Å². The fraction of sp³-hybridized carbons (Fsp3) is 0.385. The van der Waals surface area contributed by atoms with Crippen LogP contribution in [0.4, 0.5) is 14.9 Å². The van der Waals surface area contributed by atoms with Gasteiger partial charge in [0.2, 0.25) is 0 Å². The number of halogens is 2. The van der Waals surface area contributed by atoms with Gasteiger partial charge in [0.15, 0.2) is 0 Å². The van der Waals surface area contributed by atoms with E-state index >= 15 is 0 Å². The van der Waals surface area contributed by atoms with Crippen molar-refractivity contribution in [3.05, 3.63) is 29.0 Å². The van der Waals surface area contributed by atoms with E-state index in [-0.39, 0.29) is 5.02 Å². The van der Waals surface area contributed by atoms with Gasteiger partial charge in [0.1, 0.15) is 11.9 Å². The highest BCUT2D eigenvalue weighted by Gasteiger charge is 2.31. The molecule has 108 valence electrons. The van der Waals surface area contributed by atoms with Crippen LogP contribution in [0.25, 0.3) is 0 Å². The number of nitrogens with one attached hydrogen (secondary N) is 1. The molecule has 0 saturated carbocycles. The summed E-state index contributed by atoms with van der Waals surface area (Å²) in [6, 6.07) is 2.47. The maximum absolute atomic E-state index is 13.0. The molecule has 2 rings (SSSR count). The zero-order valence-electron chi connectivity index (χ0n) is 10.6. The third-order valence-corrected chi connectivity index (χ3v) is 3.51. The van der Waals surface area contributed by atoms with Gasteiger partial charge < -0.3 is 15.3 Å². The van der Waals surface area contributed by atoms with Crippen molar-refractivity contribution in [1.29, 1.82) is 0 Å². The van der Waals surface area contributed by atoms with Gasteiger partial charge in [-0.05, 0) is 37.5 Å². The molecule has 0 radical (unpaired) electrons. The first-order chi connectivity index (χ1) is 9.49. The van der Waals surface area contributed by atoms with Crippen LogP contribution in [0.15, 0.2) is 18.2 Å². The Bertz CT molecular complexity index is 538. The summed E-state index contributed by atoms with van der Waals surface area (Å²) >= 11 is 5.63. The molecule has 7 heteroatoms. The Kier molecular flexibility index (Phi) is 4.44. The number of nitrogens with zero attached hydrogens (tertiary/aromatic N) is 1. The summed E-state index contributed by atoms with van der Waals surface area (Å²) in [5, 5.41) is 11.5. The van der Waals surface area contributed by atoms with Gasteiger partial charge in [0.25, 0.3) is 0 Å². The standard InChI is InChI=1S/C13H14ClFN2O3/c14-9-7-8(4-5-10(9)15)16-13(20)17-6-2-1-3-11(17)12(18)19/h4-5,7,11H,1-3,6H2,(H,16,20)(H,18,19). The average molecular weight is 301 g/mol. The summed E-state index contributed by atoms with van der Waals surface area (Å²) < 4.78 is 13.0. The third-order valence-electron chi connectivity index (χ3n) is 3.22. The lowest BCUT2D eigenvalue weighted by Gasteiger charge is -2.32. The monoisotopic (exact) mass is 300 g/mol. The molecule has 1 aromatic carbocycles. The number of amides is 2. The van der Waals surface area contributed by atoms with Crippen LogP contribution in [0.5, 0.6) is 0 Å². The van der Waals surface area contributed by atoms with E-state index in [0.29, 0.717) is 18.7 Å². The molecule has 20 heavy (non-hydrogen) atoms. The number of rotatable bonds is 2. The number of carboxylic acids is 1. The summed E-state index contributed by atoms with van der Waals surface area (Å²) in [5.41, 5.74) is 0.330. The van der Waals surface area contributed by atoms with Crippen molar-refractivity contribution >= 4 is 29.3 Å². The van der Waals surface area contributed by atoms with Gasteiger partial charge >= 0.3 is 12.0 Å². The molecule has 0 aliphatic carbocycles. The van der Waals surface area contributed by atoms with Gasteiger partial charge in [0.05, 0.1) is 5.02 Å². The number of hydrogen-bond acceptors (Lipinski definition) is 2. The predicted octanol–water partition coefficient (Wildman–Crippen LogP) is 2.95. The Morgan fingerprint density at radius 1 is 1.40 bits per heavy atom. The minimum absolute atomic E-state index is 0.101. The number of likely N-dealkylation sites (tertiary alicyclic amines) is 1. The minimum Gasteiger partial charge on any atom is -0.480 e. The molecular formula is C13H14ClFN2O3. The van der Waals surface area contributed by atoms with E-state index in [1.807, 2.05) is 0 Å². The largest absolute Gasteiger partial charge is 0.480 e. The molecule has 1 fully saturated rings. The van der Waals surface area contributed by atoms with Crippen molar-refractivity contribution in [2.24, 2.45) is 0 Å². The molecule has 1 heterocycles. The quantitative estimate of drug-likeness (QED) is 0.882. The van der Waals surface area contributed by atoms with Crippen LogP contribution < -0.4 is 5.32 Å². The Labute approximate surface area is 120 Å². The highest BCUT2D eigenvalue weighted by atomic mass is 35.5. The molecule has 2 amide bonds. The SMILES string of the molecule is O=C(O)C1CCCCN1C(=O)Nc1ccc(F)c(Cl)c1. The van der Waals surface area contributed by atoms with Gasteiger partial charge in [-0.25, -0.2) is 14.0 Å². The number of urea groups is 1. The molecule has 1 saturated heterocycles. The first kappa shape index (κ1) is 14.6. The summed E-state index contributed by atoms with van der Waals surface area (Å²) in [6.07, 6.45) is 1.98. The number of carbonyl (C=O) groups excluding carboxylic acids is 1. The second-order valence-corrected chi connectivity index (χ2v) is 5.01. The summed E-state index contributed by atoms with van der Waals surface area (Å²) in [5.74, 6) is -1.59. The zero-order chi connectivity index (χ0) is 14.7. The van der Waals surface area contributed by atoms with Crippen molar-refractivity contribution in [2.45, 2.75) is 25.3 Å². The second kappa shape index (κ2) is 6.09. The molecule has 1 unspecified atom stereocenters. The Hall–Kier alpha value is -1.82. The highest BCUT2D eigenvalue weighted by molar-refractivity contribution is 6.31. The van der Waals surface area contributed by atoms with E-state index in [1.54, 1.807) is 0 Å². The number of carbonyl (C=O) groups is 2. The fourth-order valence-corrected chi connectivity index (χ4v) is 2.38. The zero-order valence-corrected chi connectivity index (χ0v) is 11.4. The van der Waals surface area contributed by atoms with Gasteiger partial charge in [0, 0.05) is 12.2 Å². The molecule has 0 aromatic heterocycles. The maximum atomic E-state index is 13.0. The number of piperidine rings is 1. The first-order valence-corrected chi connectivity index (χ1v) is 6.62. The van der Waals surface area contributed by atoms with E-state index < -0.39 is 23.9 Å². The lowest BCUT2D eigenvalue weighted by atomic mass is 10.0. The predicted molar refractivity (Wildman–Crippen MR) is 72.4 cm³/mol. The molecule has 0 spiro atoms. The molecule has 1 aliphatic heterocycles. The van der Waals surface area contributed by atoms with Gasteiger partial charge in [-0.3, -0.25) is 0 Å². The van der Waals surface area contributed by atoms with Crippen molar-refractivity contribution in [1.82, 2.24) is 4.90 Å². The first-order valence-electron chi connectivity index (χ1n) is 6.24. The fourth-order valence-electron chi connectivity index (χ4n) is 2.20. The Morgan fingerprint density at radius 3 is 2.80 bits per heavy atom. The van der Waals surface area contributed by atoms with E-state index in [4.69, 9.17) is 16.7 Å². The molecular weight excluding hydrogens is 287 g/mol. The van der Waals surface area contributed by atoms with Crippen molar-refractivity contribution in [2.75, 3.05) is 11.9 Å². The van der Waals surface area contributed by atoms with Crippen LogP contribution >= 0.6 is 11.6 Å². The number of anilines is 1. The number of benzene rings is 1. The lowest BCUT2D eigenvalue weighted by Crippen LogP contribution is -2.49. The van der Waals surface area contributed by atoms with Gasteiger partial charge in [-0.1, -0.05) is 11.6 Å². The molecule has 1 aliphatic rings. The molecule has 2 N–H and O–H groups in total. The molecule has 1 atom stereocenters. The summed E-state index contributed by atoms with van der Waals surface area (Å²) in [6.45, 7) is 0.387. The lowest BCUT2D eigenvalue weighted by molar-refractivity contribution is -0.143. The van der Waals surface area contributed by atoms with Crippen molar-refractivity contribution in [3.8, 4) is 0 Å². The van der Waals surface area contributed by atoms with Crippen molar-refractivity contribution in [3.63, 3.8) is 0 Å². The number of carboxylic acid groups (broad SMARTS) is 1. The van der Waals surface area contributed by atoms with E-state index in [2.05, 4.69) is 5.32 Å². The number of aliphatic carboxylic acids is 1. The van der Waals surface area contributed by atoms with Crippen LogP contribution in [0.2, 0.25) is 5.02 Å². The normalized spacial score (nSPS) is 18.7. The molecule has 5 nitrogen and oxygen atoms in total. The van der Waals surface area contributed by atoms with Crippen LogP contribution in [0.3, 0.4) is 0 Å². The van der Waals surface area contributed by atoms with E-state index in [1.165, 1.54) is 17.0 Å². The van der Waals surface area contributed by atoms with Crippen LogP contribution in [-0.2, 0) is 4.79 Å². The van der Waals surface area contributed by atoms with Gasteiger partial charge in [-0.2, -0.15) is 0 Å². The van der Waals surface area contributed by atoms with Crippen molar-refractivity contribution < 1.29 is 19.1 Å². The Balaban J connectivity index is 2.09. The Morgan fingerprint density at radius 2 is 2.15 bits per heavy atom. The van der Waals surface area contributed by atoms with Crippen LogP contribution in [0.1, 0.15) is 19.3 Å². The van der Waals surface area contributed by atoms with Crippen LogP contribution in [-0.4, -0.2) is 34.6 Å². The minimum atomic E-state index is -1.02. The number of hydrogen-bond donors (Lipinski definition) is 2.